The van der Waals surface area contributed by atoms with Gasteiger partial charge in [0.15, 0.2) is 11.5 Å². The Kier molecular flexibility index (Phi) is 2.48. The summed E-state index contributed by atoms with van der Waals surface area (Å²) >= 11 is 0. The van der Waals surface area contributed by atoms with Gasteiger partial charge in [-0.25, -0.2) is 0 Å². The van der Waals surface area contributed by atoms with E-state index < -0.39 is 0 Å². The molecule has 0 spiro atoms. The minimum absolute atomic E-state index is 0.782. The van der Waals surface area contributed by atoms with Crippen molar-refractivity contribution in [3.63, 3.8) is 0 Å². The van der Waals surface area contributed by atoms with Crippen molar-refractivity contribution in [3.8, 4) is 17.1 Å². The highest BCUT2D eigenvalue weighted by molar-refractivity contribution is 5.60. The number of rotatable bonds is 2. The van der Waals surface area contributed by atoms with Crippen LogP contribution < -0.4 is 4.74 Å². The number of aromatic nitrogens is 3. The van der Waals surface area contributed by atoms with E-state index in [-0.39, 0.29) is 0 Å². The van der Waals surface area contributed by atoms with Gasteiger partial charge >= 0.3 is 0 Å². The third-order valence-corrected chi connectivity index (χ3v) is 2.93. The molecule has 0 saturated carbocycles. The van der Waals surface area contributed by atoms with E-state index in [0.29, 0.717) is 0 Å². The third kappa shape index (κ3) is 1.72. The Hall–Kier alpha value is -2.36. The summed E-state index contributed by atoms with van der Waals surface area (Å²) in [4.78, 5) is 0. The second-order valence-electron chi connectivity index (χ2n) is 4.18. The predicted molar refractivity (Wildman–Crippen MR) is 69.7 cm³/mol. The first-order chi connectivity index (χ1) is 8.78. The first kappa shape index (κ1) is 10.8. The lowest BCUT2D eigenvalue weighted by Crippen LogP contribution is -1.90. The summed E-state index contributed by atoms with van der Waals surface area (Å²) in [5.41, 5.74) is 3.07. The van der Waals surface area contributed by atoms with E-state index in [0.717, 1.165) is 22.8 Å². The average molecular weight is 239 g/mol. The molecule has 4 heteroatoms. The maximum absolute atomic E-state index is 5.17. The van der Waals surface area contributed by atoms with Crippen LogP contribution in [0.2, 0.25) is 0 Å². The molecule has 1 aromatic carbocycles. The zero-order chi connectivity index (χ0) is 12.5. The summed E-state index contributed by atoms with van der Waals surface area (Å²) in [6.07, 6.45) is 1.92. The smallest absolute Gasteiger partial charge is 0.168 e. The molecule has 2 aromatic heterocycles. The van der Waals surface area contributed by atoms with E-state index in [9.17, 15) is 0 Å². The van der Waals surface area contributed by atoms with Gasteiger partial charge in [-0.1, -0.05) is 29.8 Å². The standard InChI is InChI=1S/C14H13N3O/c1-10-3-5-11(6-4-10)14-16-15-13-9-12(18-2)7-8-17(13)14/h3-9H,1-2H3. The molecule has 0 unspecified atom stereocenters. The summed E-state index contributed by atoms with van der Waals surface area (Å²) in [5, 5.41) is 8.39. The van der Waals surface area contributed by atoms with Gasteiger partial charge < -0.3 is 4.74 Å². The minimum atomic E-state index is 0.782. The van der Waals surface area contributed by atoms with Crippen molar-refractivity contribution in [3.05, 3.63) is 48.2 Å². The fourth-order valence-corrected chi connectivity index (χ4v) is 1.90. The Morgan fingerprint density at radius 2 is 1.83 bits per heavy atom. The van der Waals surface area contributed by atoms with Crippen molar-refractivity contribution in [2.24, 2.45) is 0 Å². The average Bonchev–Trinajstić information content (AvgIpc) is 2.82. The molecular formula is C14H13N3O. The third-order valence-electron chi connectivity index (χ3n) is 2.93. The van der Waals surface area contributed by atoms with E-state index in [4.69, 9.17) is 4.74 Å². The quantitative estimate of drug-likeness (QED) is 0.690. The summed E-state index contributed by atoms with van der Waals surface area (Å²) in [6.45, 7) is 2.07. The number of pyridine rings is 1. The van der Waals surface area contributed by atoms with Gasteiger partial charge in [0, 0.05) is 17.8 Å². The maximum atomic E-state index is 5.17. The first-order valence-corrected chi connectivity index (χ1v) is 5.74. The molecule has 18 heavy (non-hydrogen) atoms. The fourth-order valence-electron chi connectivity index (χ4n) is 1.90. The molecule has 0 radical (unpaired) electrons. The van der Waals surface area contributed by atoms with Crippen molar-refractivity contribution in [2.45, 2.75) is 6.92 Å². The predicted octanol–water partition coefficient (Wildman–Crippen LogP) is 2.71. The number of benzene rings is 1. The van der Waals surface area contributed by atoms with Gasteiger partial charge in [0.25, 0.3) is 0 Å². The number of methoxy groups -OCH3 is 1. The Balaban J connectivity index is 2.15. The van der Waals surface area contributed by atoms with Crippen LogP contribution in [0.4, 0.5) is 0 Å². The number of hydrogen-bond donors (Lipinski definition) is 0. The second-order valence-corrected chi connectivity index (χ2v) is 4.18. The van der Waals surface area contributed by atoms with Crippen LogP contribution in [0.25, 0.3) is 17.0 Å². The Morgan fingerprint density at radius 1 is 1.06 bits per heavy atom. The zero-order valence-electron chi connectivity index (χ0n) is 10.3. The van der Waals surface area contributed by atoms with Gasteiger partial charge in [-0.3, -0.25) is 4.40 Å². The summed E-state index contributed by atoms with van der Waals surface area (Å²) in [6, 6.07) is 12.0. The molecule has 4 nitrogen and oxygen atoms in total. The lowest BCUT2D eigenvalue weighted by molar-refractivity contribution is 0.414. The zero-order valence-corrected chi connectivity index (χ0v) is 10.3. The van der Waals surface area contributed by atoms with Gasteiger partial charge in [0.2, 0.25) is 0 Å². The number of hydrogen-bond acceptors (Lipinski definition) is 3. The molecule has 2 heterocycles. The molecular weight excluding hydrogens is 226 g/mol. The summed E-state index contributed by atoms with van der Waals surface area (Å²) in [7, 11) is 1.64. The minimum Gasteiger partial charge on any atom is -0.497 e. The van der Waals surface area contributed by atoms with Crippen LogP contribution in [0, 0.1) is 6.92 Å². The van der Waals surface area contributed by atoms with Crippen molar-refractivity contribution < 1.29 is 4.74 Å². The number of aryl methyl sites for hydroxylation is 1. The fraction of sp³-hybridized carbons (Fsp3) is 0.143. The highest BCUT2D eigenvalue weighted by atomic mass is 16.5. The van der Waals surface area contributed by atoms with E-state index in [1.165, 1.54) is 5.56 Å². The molecule has 0 aliphatic carbocycles. The van der Waals surface area contributed by atoms with Gasteiger partial charge in [0.05, 0.1) is 7.11 Å². The molecule has 0 atom stereocenters. The van der Waals surface area contributed by atoms with Crippen molar-refractivity contribution in [1.82, 2.24) is 14.6 Å². The van der Waals surface area contributed by atoms with Crippen LogP contribution in [0.15, 0.2) is 42.6 Å². The second kappa shape index (κ2) is 4.14. The highest BCUT2D eigenvalue weighted by Gasteiger charge is 2.08. The topological polar surface area (TPSA) is 39.4 Å². The molecule has 0 saturated heterocycles. The Morgan fingerprint density at radius 3 is 2.56 bits per heavy atom. The monoisotopic (exact) mass is 239 g/mol. The maximum Gasteiger partial charge on any atom is 0.168 e. The molecule has 0 bridgehead atoms. The normalized spacial score (nSPS) is 10.8. The number of ether oxygens (including phenoxy) is 1. The van der Waals surface area contributed by atoms with Crippen LogP contribution in [-0.4, -0.2) is 21.7 Å². The van der Waals surface area contributed by atoms with Crippen LogP contribution in [-0.2, 0) is 0 Å². The number of nitrogens with zero attached hydrogens (tertiary/aromatic N) is 3. The number of fused-ring (bicyclic) bond motifs is 1. The van der Waals surface area contributed by atoms with E-state index in [2.05, 4.69) is 41.4 Å². The van der Waals surface area contributed by atoms with E-state index in [1.54, 1.807) is 7.11 Å². The highest BCUT2D eigenvalue weighted by Crippen LogP contribution is 2.21. The molecule has 0 aliphatic rings. The van der Waals surface area contributed by atoms with Crippen LogP contribution in [0.5, 0.6) is 5.75 Å². The molecule has 0 aliphatic heterocycles. The lowest BCUT2D eigenvalue weighted by Gasteiger charge is -2.02. The SMILES string of the molecule is COc1ccn2c(-c3ccc(C)cc3)nnc2c1. The van der Waals surface area contributed by atoms with Gasteiger partial charge in [-0.2, -0.15) is 0 Å². The van der Waals surface area contributed by atoms with Crippen LogP contribution in [0.1, 0.15) is 5.56 Å². The largest absolute Gasteiger partial charge is 0.497 e. The molecule has 90 valence electrons. The van der Waals surface area contributed by atoms with Crippen LogP contribution >= 0.6 is 0 Å². The Labute approximate surface area is 105 Å². The summed E-state index contributed by atoms with van der Waals surface area (Å²) in [5.74, 6) is 1.62. The van der Waals surface area contributed by atoms with E-state index >= 15 is 0 Å². The molecule has 3 rings (SSSR count). The van der Waals surface area contributed by atoms with Gasteiger partial charge in [-0.05, 0) is 13.0 Å². The van der Waals surface area contributed by atoms with Gasteiger partial charge in [-0.15, -0.1) is 10.2 Å². The molecule has 0 amide bonds. The van der Waals surface area contributed by atoms with Crippen molar-refractivity contribution in [2.75, 3.05) is 7.11 Å². The lowest BCUT2D eigenvalue weighted by atomic mass is 10.1. The Bertz CT molecular complexity index is 686. The first-order valence-electron chi connectivity index (χ1n) is 5.74. The molecule has 3 aromatic rings. The molecule has 0 fully saturated rings. The van der Waals surface area contributed by atoms with Gasteiger partial charge in [0.1, 0.15) is 5.75 Å². The molecule has 0 N–H and O–H groups in total. The van der Waals surface area contributed by atoms with Crippen molar-refractivity contribution in [1.29, 1.82) is 0 Å². The summed E-state index contributed by atoms with van der Waals surface area (Å²) < 4.78 is 7.12. The van der Waals surface area contributed by atoms with Crippen molar-refractivity contribution >= 4 is 5.65 Å². The van der Waals surface area contributed by atoms with Crippen LogP contribution in [0.3, 0.4) is 0 Å². The van der Waals surface area contributed by atoms with E-state index in [1.807, 2.05) is 22.7 Å².